The number of thiophene rings is 1. The van der Waals surface area contributed by atoms with Crippen molar-refractivity contribution in [2.45, 2.75) is 44.6 Å². The van der Waals surface area contributed by atoms with Crippen LogP contribution in [0, 0.1) is 5.92 Å². The largest absolute Gasteiger partial charge is 0.353 e. The average Bonchev–Trinajstić information content (AvgIpc) is 3.27. The van der Waals surface area contributed by atoms with E-state index in [0.29, 0.717) is 4.88 Å². The molecule has 1 aliphatic carbocycles. The second kappa shape index (κ2) is 7.25. The van der Waals surface area contributed by atoms with Crippen molar-refractivity contribution < 1.29 is 14.4 Å². The second-order valence-corrected chi connectivity index (χ2v) is 7.29. The van der Waals surface area contributed by atoms with Crippen LogP contribution in [0.2, 0.25) is 0 Å². The predicted molar refractivity (Wildman–Crippen MR) is 88.4 cm³/mol. The molecular weight excluding hydrogens is 312 g/mol. The highest BCUT2D eigenvalue weighted by Gasteiger charge is 2.35. The van der Waals surface area contributed by atoms with E-state index >= 15 is 0 Å². The standard InChI is InChI=1S/C17H22N2O3S/c20-14(15-2-1-11-23-15)5-6-16(21)18-13-7-9-19(10-8-13)17(22)12-3-4-12/h1-2,11-13H,3-10H2,(H,18,21). The molecule has 0 bridgehead atoms. The maximum atomic E-state index is 12.0. The first kappa shape index (κ1) is 16.2. The van der Waals surface area contributed by atoms with Crippen LogP contribution >= 0.6 is 11.3 Å². The van der Waals surface area contributed by atoms with Gasteiger partial charge in [0, 0.05) is 37.9 Å². The van der Waals surface area contributed by atoms with E-state index in [1.165, 1.54) is 11.3 Å². The van der Waals surface area contributed by atoms with Gasteiger partial charge in [-0.05, 0) is 37.1 Å². The number of Topliss-reactive ketones (excluding diaryl/α,β-unsaturated/α-hetero) is 1. The van der Waals surface area contributed by atoms with Crippen molar-refractivity contribution in [2.75, 3.05) is 13.1 Å². The smallest absolute Gasteiger partial charge is 0.225 e. The van der Waals surface area contributed by atoms with Gasteiger partial charge in [-0.25, -0.2) is 0 Å². The number of ketones is 1. The summed E-state index contributed by atoms with van der Waals surface area (Å²) in [5.41, 5.74) is 0. The minimum atomic E-state index is -0.0677. The Kier molecular flexibility index (Phi) is 5.10. The van der Waals surface area contributed by atoms with Crippen molar-refractivity contribution in [3.8, 4) is 0 Å². The summed E-state index contributed by atoms with van der Waals surface area (Å²) in [5, 5.41) is 4.86. The summed E-state index contributed by atoms with van der Waals surface area (Å²) < 4.78 is 0. The third-order valence-corrected chi connectivity index (χ3v) is 5.38. The number of likely N-dealkylation sites (tertiary alicyclic amines) is 1. The van der Waals surface area contributed by atoms with E-state index in [1.807, 2.05) is 16.3 Å². The van der Waals surface area contributed by atoms with Gasteiger partial charge >= 0.3 is 0 Å². The van der Waals surface area contributed by atoms with E-state index in [2.05, 4.69) is 5.32 Å². The van der Waals surface area contributed by atoms with E-state index < -0.39 is 0 Å². The number of rotatable bonds is 6. The quantitative estimate of drug-likeness (QED) is 0.811. The Morgan fingerprint density at radius 2 is 1.87 bits per heavy atom. The summed E-state index contributed by atoms with van der Waals surface area (Å²) in [6.45, 7) is 1.46. The molecule has 2 fully saturated rings. The minimum absolute atomic E-state index is 0.0278. The lowest BCUT2D eigenvalue weighted by Crippen LogP contribution is -2.47. The van der Waals surface area contributed by atoms with Gasteiger partial charge in [0.05, 0.1) is 4.88 Å². The topological polar surface area (TPSA) is 66.5 Å². The van der Waals surface area contributed by atoms with Gasteiger partial charge in [-0.15, -0.1) is 11.3 Å². The number of hydrogen-bond acceptors (Lipinski definition) is 4. The highest BCUT2D eigenvalue weighted by atomic mass is 32.1. The Bertz CT molecular complexity index is 573. The number of amides is 2. The molecule has 0 aromatic carbocycles. The Balaban J connectivity index is 1.36. The molecule has 2 heterocycles. The van der Waals surface area contributed by atoms with Gasteiger partial charge < -0.3 is 10.2 Å². The number of carbonyl (C=O) groups excluding carboxylic acids is 3. The molecule has 6 heteroatoms. The third-order valence-electron chi connectivity index (χ3n) is 4.47. The monoisotopic (exact) mass is 334 g/mol. The van der Waals surface area contributed by atoms with Crippen LogP contribution in [-0.2, 0) is 9.59 Å². The van der Waals surface area contributed by atoms with Crippen molar-refractivity contribution in [2.24, 2.45) is 5.92 Å². The Morgan fingerprint density at radius 1 is 1.13 bits per heavy atom. The summed E-state index contributed by atoms with van der Waals surface area (Å²) in [7, 11) is 0. The fraction of sp³-hybridized carbons (Fsp3) is 0.588. The molecule has 1 saturated carbocycles. The van der Waals surface area contributed by atoms with Crippen LogP contribution in [-0.4, -0.2) is 41.6 Å². The number of nitrogens with zero attached hydrogens (tertiary/aromatic N) is 1. The van der Waals surface area contributed by atoms with E-state index in [-0.39, 0.29) is 42.4 Å². The van der Waals surface area contributed by atoms with Gasteiger partial charge in [0.2, 0.25) is 11.8 Å². The van der Waals surface area contributed by atoms with Crippen molar-refractivity contribution in [3.05, 3.63) is 22.4 Å². The Morgan fingerprint density at radius 3 is 2.48 bits per heavy atom. The first-order valence-corrected chi connectivity index (χ1v) is 9.16. The molecule has 1 aliphatic heterocycles. The van der Waals surface area contributed by atoms with Gasteiger partial charge in [-0.2, -0.15) is 0 Å². The fourth-order valence-electron chi connectivity index (χ4n) is 2.92. The van der Waals surface area contributed by atoms with E-state index in [9.17, 15) is 14.4 Å². The average molecular weight is 334 g/mol. The van der Waals surface area contributed by atoms with Crippen molar-refractivity contribution in [1.82, 2.24) is 10.2 Å². The van der Waals surface area contributed by atoms with Crippen LogP contribution in [0.5, 0.6) is 0 Å². The van der Waals surface area contributed by atoms with Gasteiger partial charge in [0.1, 0.15) is 0 Å². The molecule has 3 rings (SSSR count). The van der Waals surface area contributed by atoms with Gasteiger partial charge in [-0.3, -0.25) is 14.4 Å². The second-order valence-electron chi connectivity index (χ2n) is 6.34. The van der Waals surface area contributed by atoms with Crippen molar-refractivity contribution in [1.29, 1.82) is 0 Å². The summed E-state index contributed by atoms with van der Waals surface area (Å²) in [6, 6.07) is 3.76. The first-order chi connectivity index (χ1) is 11.1. The predicted octanol–water partition coefficient (Wildman–Crippen LogP) is 2.23. The number of hydrogen-bond donors (Lipinski definition) is 1. The molecule has 23 heavy (non-hydrogen) atoms. The first-order valence-electron chi connectivity index (χ1n) is 8.28. The lowest BCUT2D eigenvalue weighted by Gasteiger charge is -2.32. The van der Waals surface area contributed by atoms with Gasteiger partial charge in [0.25, 0.3) is 0 Å². The number of carbonyl (C=O) groups is 3. The highest BCUT2D eigenvalue weighted by molar-refractivity contribution is 7.12. The molecule has 1 aromatic heterocycles. The normalized spacial score (nSPS) is 18.7. The molecular formula is C17H22N2O3S. The summed E-state index contributed by atoms with van der Waals surface area (Å²) in [6.07, 6.45) is 4.18. The molecule has 2 amide bonds. The maximum absolute atomic E-state index is 12.0. The molecule has 1 saturated heterocycles. The van der Waals surface area contributed by atoms with Crippen LogP contribution in [0.1, 0.15) is 48.2 Å². The molecule has 5 nitrogen and oxygen atoms in total. The lowest BCUT2D eigenvalue weighted by atomic mass is 10.0. The molecule has 0 unspecified atom stereocenters. The van der Waals surface area contributed by atoms with Gasteiger partial charge in [0.15, 0.2) is 5.78 Å². The lowest BCUT2D eigenvalue weighted by molar-refractivity contribution is -0.133. The van der Waals surface area contributed by atoms with E-state index in [0.717, 1.165) is 38.8 Å². The molecule has 0 radical (unpaired) electrons. The number of piperidine rings is 1. The van der Waals surface area contributed by atoms with Crippen LogP contribution in [0.4, 0.5) is 0 Å². The molecule has 2 aliphatic rings. The molecule has 1 N–H and O–H groups in total. The maximum Gasteiger partial charge on any atom is 0.225 e. The van der Waals surface area contributed by atoms with E-state index in [1.54, 1.807) is 6.07 Å². The zero-order valence-corrected chi connectivity index (χ0v) is 13.9. The molecule has 1 aromatic rings. The van der Waals surface area contributed by atoms with Crippen LogP contribution in [0.15, 0.2) is 17.5 Å². The van der Waals surface area contributed by atoms with Crippen molar-refractivity contribution in [3.63, 3.8) is 0 Å². The molecule has 0 atom stereocenters. The minimum Gasteiger partial charge on any atom is -0.353 e. The van der Waals surface area contributed by atoms with Crippen LogP contribution < -0.4 is 5.32 Å². The summed E-state index contributed by atoms with van der Waals surface area (Å²) >= 11 is 1.41. The zero-order chi connectivity index (χ0) is 16.2. The summed E-state index contributed by atoms with van der Waals surface area (Å²) in [5.74, 6) is 0.516. The SMILES string of the molecule is O=C(CCC(=O)c1cccs1)NC1CCN(C(=O)C2CC2)CC1. The van der Waals surface area contributed by atoms with Crippen LogP contribution in [0.3, 0.4) is 0 Å². The van der Waals surface area contributed by atoms with E-state index in [4.69, 9.17) is 0 Å². The fourth-order valence-corrected chi connectivity index (χ4v) is 3.61. The Hall–Kier alpha value is -1.69. The number of nitrogens with one attached hydrogen (secondary N) is 1. The zero-order valence-electron chi connectivity index (χ0n) is 13.1. The third kappa shape index (κ3) is 4.41. The van der Waals surface area contributed by atoms with Gasteiger partial charge in [-0.1, -0.05) is 6.07 Å². The Labute approximate surface area is 140 Å². The molecule has 0 spiro atoms. The van der Waals surface area contributed by atoms with Crippen LogP contribution in [0.25, 0.3) is 0 Å². The van der Waals surface area contributed by atoms with Crippen molar-refractivity contribution >= 4 is 28.9 Å². The molecule has 124 valence electrons. The highest BCUT2D eigenvalue weighted by Crippen LogP contribution is 2.31. The summed E-state index contributed by atoms with van der Waals surface area (Å²) in [4.78, 5) is 38.5.